The Hall–Kier alpha value is -3.15. The van der Waals surface area contributed by atoms with E-state index >= 15 is 0 Å². The third kappa shape index (κ3) is 3.30. The molecular formula is C21H22N6. The maximum Gasteiger partial charge on any atom is 0.182 e. The van der Waals surface area contributed by atoms with Crippen molar-refractivity contribution < 1.29 is 0 Å². The van der Waals surface area contributed by atoms with Crippen LogP contribution in [0, 0.1) is 0 Å². The zero-order chi connectivity index (χ0) is 18.1. The smallest absolute Gasteiger partial charge is 0.182 e. The van der Waals surface area contributed by atoms with Crippen molar-refractivity contribution in [1.82, 2.24) is 19.9 Å². The molecule has 6 heteroatoms. The highest BCUT2D eigenvalue weighted by atomic mass is 15.2. The number of nitrogens with one attached hydrogen (secondary N) is 2. The summed E-state index contributed by atoms with van der Waals surface area (Å²) >= 11 is 0. The summed E-state index contributed by atoms with van der Waals surface area (Å²) in [6.07, 6.45) is 7.52. The van der Waals surface area contributed by atoms with Gasteiger partial charge in [0.25, 0.3) is 0 Å². The van der Waals surface area contributed by atoms with Gasteiger partial charge in [0.1, 0.15) is 17.2 Å². The molecule has 1 aliphatic rings. The fraction of sp³-hybridized carbons (Fsp3) is 0.286. The first kappa shape index (κ1) is 16.1. The molecule has 0 bridgehead atoms. The Labute approximate surface area is 157 Å². The molecule has 4 heterocycles. The van der Waals surface area contributed by atoms with Crippen molar-refractivity contribution >= 4 is 33.7 Å². The van der Waals surface area contributed by atoms with E-state index in [1.54, 1.807) is 6.20 Å². The number of hydrogen-bond acceptors (Lipinski definition) is 5. The summed E-state index contributed by atoms with van der Waals surface area (Å²) in [5.41, 5.74) is 3.87. The minimum absolute atomic E-state index is 0.695. The van der Waals surface area contributed by atoms with Crippen molar-refractivity contribution in [2.45, 2.75) is 25.8 Å². The number of rotatable bonds is 4. The Balaban J connectivity index is 1.36. The number of anilines is 2. The number of benzene rings is 1. The normalized spacial score (nSPS) is 14.7. The first-order valence-corrected chi connectivity index (χ1v) is 9.54. The van der Waals surface area contributed by atoms with Crippen molar-refractivity contribution in [3.63, 3.8) is 0 Å². The highest BCUT2D eigenvalue weighted by Gasteiger charge is 2.13. The minimum atomic E-state index is 0.695. The quantitative estimate of drug-likeness (QED) is 0.574. The Morgan fingerprint density at radius 2 is 1.93 bits per heavy atom. The number of aromatic nitrogens is 4. The van der Waals surface area contributed by atoms with Crippen LogP contribution in [0.25, 0.3) is 22.1 Å². The molecule has 0 aliphatic carbocycles. The molecule has 0 unspecified atom stereocenters. The fourth-order valence-electron chi connectivity index (χ4n) is 3.67. The van der Waals surface area contributed by atoms with Gasteiger partial charge >= 0.3 is 0 Å². The SMILES string of the molecule is c1cc2ccc(CNc3cnc4ccc(N5CCCCC5)nc4n3)cc2[nH]1. The van der Waals surface area contributed by atoms with Crippen molar-refractivity contribution in [3.8, 4) is 0 Å². The van der Waals surface area contributed by atoms with Crippen LogP contribution in [0.2, 0.25) is 0 Å². The third-order valence-corrected chi connectivity index (χ3v) is 5.17. The van der Waals surface area contributed by atoms with Gasteiger partial charge in [-0.1, -0.05) is 12.1 Å². The number of aromatic amines is 1. The second-order valence-corrected chi connectivity index (χ2v) is 7.07. The summed E-state index contributed by atoms with van der Waals surface area (Å²) in [6.45, 7) is 2.84. The summed E-state index contributed by atoms with van der Waals surface area (Å²) in [5.74, 6) is 1.75. The van der Waals surface area contributed by atoms with Crippen LogP contribution in [0.4, 0.5) is 11.6 Å². The zero-order valence-electron chi connectivity index (χ0n) is 15.2. The van der Waals surface area contributed by atoms with Crippen LogP contribution in [0.1, 0.15) is 24.8 Å². The first-order valence-electron chi connectivity index (χ1n) is 9.54. The Morgan fingerprint density at radius 3 is 2.85 bits per heavy atom. The lowest BCUT2D eigenvalue weighted by Gasteiger charge is -2.27. The summed E-state index contributed by atoms with van der Waals surface area (Å²) in [7, 11) is 0. The largest absolute Gasteiger partial charge is 0.365 e. The van der Waals surface area contributed by atoms with E-state index in [0.717, 1.165) is 35.8 Å². The predicted molar refractivity (Wildman–Crippen MR) is 109 cm³/mol. The molecular weight excluding hydrogens is 336 g/mol. The number of H-pyrrole nitrogens is 1. The molecule has 4 aromatic rings. The average Bonchev–Trinajstić information content (AvgIpc) is 3.20. The van der Waals surface area contributed by atoms with Crippen LogP contribution in [-0.4, -0.2) is 33.0 Å². The van der Waals surface area contributed by atoms with Crippen LogP contribution < -0.4 is 10.2 Å². The van der Waals surface area contributed by atoms with E-state index in [1.807, 2.05) is 12.3 Å². The van der Waals surface area contributed by atoms with Gasteiger partial charge in [0, 0.05) is 31.3 Å². The van der Waals surface area contributed by atoms with Gasteiger partial charge in [-0.25, -0.2) is 15.0 Å². The maximum atomic E-state index is 4.76. The number of nitrogens with zero attached hydrogens (tertiary/aromatic N) is 4. The molecule has 1 aliphatic heterocycles. The van der Waals surface area contributed by atoms with Gasteiger partial charge in [-0.05, 0) is 54.5 Å². The second kappa shape index (κ2) is 6.87. The van der Waals surface area contributed by atoms with Gasteiger partial charge in [0.05, 0.1) is 6.20 Å². The van der Waals surface area contributed by atoms with Crippen molar-refractivity contribution in [2.24, 2.45) is 0 Å². The lowest BCUT2D eigenvalue weighted by atomic mass is 10.1. The van der Waals surface area contributed by atoms with Crippen LogP contribution >= 0.6 is 0 Å². The molecule has 1 saturated heterocycles. The first-order chi connectivity index (χ1) is 13.3. The Bertz CT molecular complexity index is 1080. The topological polar surface area (TPSA) is 69.7 Å². The van der Waals surface area contributed by atoms with Gasteiger partial charge in [-0.15, -0.1) is 0 Å². The molecule has 0 atom stereocenters. The van der Waals surface area contributed by atoms with E-state index in [0.29, 0.717) is 12.2 Å². The fourth-order valence-corrected chi connectivity index (χ4v) is 3.67. The Kier molecular flexibility index (Phi) is 4.08. The number of piperidine rings is 1. The average molecular weight is 358 g/mol. The molecule has 0 saturated carbocycles. The van der Waals surface area contributed by atoms with E-state index in [2.05, 4.69) is 55.5 Å². The molecule has 5 rings (SSSR count). The molecule has 6 nitrogen and oxygen atoms in total. The second-order valence-electron chi connectivity index (χ2n) is 7.07. The van der Waals surface area contributed by atoms with Crippen LogP contribution in [0.15, 0.2) is 48.8 Å². The maximum absolute atomic E-state index is 4.76. The highest BCUT2D eigenvalue weighted by molar-refractivity contribution is 5.80. The lowest BCUT2D eigenvalue weighted by Crippen LogP contribution is -2.30. The molecule has 1 fully saturated rings. The summed E-state index contributed by atoms with van der Waals surface area (Å²) < 4.78 is 0. The molecule has 1 aromatic carbocycles. The monoisotopic (exact) mass is 358 g/mol. The van der Waals surface area contributed by atoms with Gasteiger partial charge in [0.15, 0.2) is 5.65 Å². The zero-order valence-corrected chi connectivity index (χ0v) is 15.2. The molecule has 0 spiro atoms. The molecule has 27 heavy (non-hydrogen) atoms. The molecule has 2 N–H and O–H groups in total. The van der Waals surface area contributed by atoms with E-state index in [1.165, 1.54) is 30.2 Å². The molecule has 136 valence electrons. The summed E-state index contributed by atoms with van der Waals surface area (Å²) in [5, 5.41) is 4.59. The van der Waals surface area contributed by atoms with E-state index < -0.39 is 0 Å². The van der Waals surface area contributed by atoms with Crippen LogP contribution in [0.5, 0.6) is 0 Å². The highest BCUT2D eigenvalue weighted by Crippen LogP contribution is 2.21. The van der Waals surface area contributed by atoms with Crippen molar-refractivity contribution in [2.75, 3.05) is 23.3 Å². The van der Waals surface area contributed by atoms with Gasteiger partial charge in [-0.3, -0.25) is 0 Å². The molecule has 0 radical (unpaired) electrons. The van der Waals surface area contributed by atoms with Crippen LogP contribution in [0.3, 0.4) is 0 Å². The molecule has 3 aromatic heterocycles. The number of hydrogen-bond donors (Lipinski definition) is 2. The molecule has 0 amide bonds. The number of pyridine rings is 1. The van der Waals surface area contributed by atoms with E-state index in [9.17, 15) is 0 Å². The van der Waals surface area contributed by atoms with E-state index in [4.69, 9.17) is 4.98 Å². The van der Waals surface area contributed by atoms with Gasteiger partial charge in [-0.2, -0.15) is 0 Å². The summed E-state index contributed by atoms with van der Waals surface area (Å²) in [4.78, 5) is 19.5. The van der Waals surface area contributed by atoms with Gasteiger partial charge < -0.3 is 15.2 Å². The summed E-state index contributed by atoms with van der Waals surface area (Å²) in [6, 6.07) is 12.6. The third-order valence-electron chi connectivity index (χ3n) is 5.17. The van der Waals surface area contributed by atoms with Crippen molar-refractivity contribution in [3.05, 3.63) is 54.4 Å². The van der Waals surface area contributed by atoms with Crippen LogP contribution in [-0.2, 0) is 6.54 Å². The minimum Gasteiger partial charge on any atom is -0.365 e. The number of fused-ring (bicyclic) bond motifs is 2. The van der Waals surface area contributed by atoms with E-state index in [-0.39, 0.29) is 0 Å². The van der Waals surface area contributed by atoms with Crippen molar-refractivity contribution in [1.29, 1.82) is 0 Å². The van der Waals surface area contributed by atoms with Gasteiger partial charge in [0.2, 0.25) is 0 Å². The Morgan fingerprint density at radius 1 is 1.00 bits per heavy atom. The predicted octanol–water partition coefficient (Wildman–Crippen LogP) is 4.11. The standard InChI is InChI=1S/C21H22N6/c1-2-10-27(11-3-1)20-7-6-17-21(26-20)25-19(14-23-17)24-13-15-4-5-16-8-9-22-18(16)12-15/h4-9,12,14,22H,1-3,10-11,13H2,(H,24,25,26). The lowest BCUT2D eigenvalue weighted by molar-refractivity contribution is 0.574.